The fourth-order valence-corrected chi connectivity index (χ4v) is 3.04. The first-order valence-electron chi connectivity index (χ1n) is 7.19. The van der Waals surface area contributed by atoms with Crippen molar-refractivity contribution in [3.05, 3.63) is 46.3 Å². The van der Waals surface area contributed by atoms with Gasteiger partial charge < -0.3 is 10.2 Å². The number of nitrogens with zero attached hydrogens (tertiary/aromatic N) is 2. The highest BCUT2D eigenvalue weighted by atomic mass is 32.1. The number of hydrogen-bond donors (Lipinski definition) is 1. The second-order valence-corrected chi connectivity index (χ2v) is 6.42. The van der Waals surface area contributed by atoms with Crippen LogP contribution in [0, 0.1) is 0 Å². The van der Waals surface area contributed by atoms with E-state index in [-0.39, 0.29) is 0 Å². The highest BCUT2D eigenvalue weighted by Gasteiger charge is 2.20. The molecule has 2 heterocycles. The van der Waals surface area contributed by atoms with E-state index in [1.807, 2.05) is 0 Å². The summed E-state index contributed by atoms with van der Waals surface area (Å²) < 4.78 is 0. The summed E-state index contributed by atoms with van der Waals surface area (Å²) in [5.41, 5.74) is 1.12. The lowest BCUT2D eigenvalue weighted by atomic mass is 10.2. The van der Waals surface area contributed by atoms with Crippen LogP contribution in [0.2, 0.25) is 0 Å². The number of pyridine rings is 1. The largest absolute Gasteiger partial charge is 0.352 e. The van der Waals surface area contributed by atoms with Crippen molar-refractivity contribution in [1.82, 2.24) is 10.3 Å². The lowest BCUT2D eigenvalue weighted by Crippen LogP contribution is -2.23. The quantitative estimate of drug-likeness (QED) is 0.880. The van der Waals surface area contributed by atoms with Gasteiger partial charge in [0.15, 0.2) is 0 Å². The van der Waals surface area contributed by atoms with Gasteiger partial charge in [0.25, 0.3) is 0 Å². The van der Waals surface area contributed by atoms with Crippen LogP contribution in [0.5, 0.6) is 0 Å². The second kappa shape index (κ2) is 5.94. The third kappa shape index (κ3) is 3.19. The van der Waals surface area contributed by atoms with E-state index in [2.05, 4.69) is 59.9 Å². The molecule has 2 aromatic heterocycles. The minimum absolute atomic E-state index is 0.356. The maximum absolute atomic E-state index is 4.77. The molecule has 1 atom stereocenters. The zero-order valence-electron chi connectivity index (χ0n) is 12.0. The molecule has 1 saturated carbocycles. The molecule has 0 aliphatic heterocycles. The first-order chi connectivity index (χ1) is 9.74. The highest BCUT2D eigenvalue weighted by Crippen LogP contribution is 2.27. The van der Waals surface area contributed by atoms with Gasteiger partial charge in [0.05, 0.1) is 11.7 Å². The van der Waals surface area contributed by atoms with E-state index in [9.17, 15) is 0 Å². The molecule has 1 aliphatic rings. The van der Waals surface area contributed by atoms with Crippen molar-refractivity contribution < 1.29 is 0 Å². The van der Waals surface area contributed by atoms with Gasteiger partial charge in [0.2, 0.25) is 0 Å². The van der Waals surface area contributed by atoms with Crippen LogP contribution in [-0.4, -0.2) is 18.1 Å². The van der Waals surface area contributed by atoms with Crippen molar-refractivity contribution in [3.63, 3.8) is 0 Å². The Kier molecular flexibility index (Phi) is 4.03. The van der Waals surface area contributed by atoms with Crippen molar-refractivity contribution in [3.8, 4) is 0 Å². The van der Waals surface area contributed by atoms with E-state index >= 15 is 0 Å². The molecule has 3 rings (SSSR count). The van der Waals surface area contributed by atoms with Crippen LogP contribution in [0.4, 0.5) is 5.82 Å². The van der Waals surface area contributed by atoms with Crippen LogP contribution in [0.15, 0.2) is 35.7 Å². The van der Waals surface area contributed by atoms with Gasteiger partial charge in [-0.25, -0.2) is 4.98 Å². The summed E-state index contributed by atoms with van der Waals surface area (Å²) in [4.78, 5) is 8.39. The minimum atomic E-state index is 0.356. The lowest BCUT2D eigenvalue weighted by Gasteiger charge is -2.25. The Balaban J connectivity index is 1.69. The molecule has 106 valence electrons. The molecule has 1 unspecified atom stereocenters. The fraction of sp³-hybridized carbons (Fsp3) is 0.438. The van der Waals surface area contributed by atoms with Crippen LogP contribution in [0.3, 0.4) is 0 Å². The van der Waals surface area contributed by atoms with E-state index in [1.165, 1.54) is 17.7 Å². The Morgan fingerprint density at radius 2 is 2.20 bits per heavy atom. The molecular weight excluding hydrogens is 266 g/mol. The smallest absolute Gasteiger partial charge is 0.129 e. The number of rotatable bonds is 6. The van der Waals surface area contributed by atoms with Crippen LogP contribution in [-0.2, 0) is 6.54 Å². The number of aromatic nitrogens is 1. The summed E-state index contributed by atoms with van der Waals surface area (Å²) in [7, 11) is 2.12. The van der Waals surface area contributed by atoms with Gasteiger partial charge in [-0.15, -0.1) is 11.3 Å². The molecule has 0 bridgehead atoms. The van der Waals surface area contributed by atoms with Crippen LogP contribution >= 0.6 is 11.3 Å². The summed E-state index contributed by atoms with van der Waals surface area (Å²) in [6.45, 7) is 3.10. The van der Waals surface area contributed by atoms with E-state index in [0.29, 0.717) is 6.04 Å². The van der Waals surface area contributed by atoms with Gasteiger partial charge in [-0.05, 0) is 43.3 Å². The van der Waals surface area contributed by atoms with E-state index < -0.39 is 0 Å². The van der Waals surface area contributed by atoms with E-state index in [1.54, 1.807) is 11.3 Å². The van der Waals surface area contributed by atoms with Gasteiger partial charge in [-0.1, -0.05) is 12.1 Å². The SMILES string of the molecule is CC(c1cccs1)N(C)c1cccc(CNC2CC2)n1. The fourth-order valence-electron chi connectivity index (χ4n) is 2.22. The van der Waals surface area contributed by atoms with Gasteiger partial charge >= 0.3 is 0 Å². The van der Waals surface area contributed by atoms with Gasteiger partial charge in [-0.2, -0.15) is 0 Å². The molecule has 0 spiro atoms. The predicted molar refractivity (Wildman–Crippen MR) is 85.2 cm³/mol. The van der Waals surface area contributed by atoms with Crippen LogP contribution < -0.4 is 10.2 Å². The zero-order chi connectivity index (χ0) is 13.9. The third-order valence-corrected chi connectivity index (χ3v) is 4.88. The molecule has 0 aromatic carbocycles. The highest BCUT2D eigenvalue weighted by molar-refractivity contribution is 7.10. The molecule has 1 aliphatic carbocycles. The topological polar surface area (TPSA) is 28.2 Å². The standard InChI is InChI=1S/C16H21N3S/c1-12(15-6-4-10-20-15)19(2)16-7-3-5-14(18-16)11-17-13-8-9-13/h3-7,10,12-13,17H,8-9,11H2,1-2H3. The molecule has 0 radical (unpaired) electrons. The van der Waals surface area contributed by atoms with Crippen molar-refractivity contribution in [2.24, 2.45) is 0 Å². The van der Waals surface area contributed by atoms with Crippen LogP contribution in [0.25, 0.3) is 0 Å². The molecule has 1 fully saturated rings. The van der Waals surface area contributed by atoms with E-state index in [4.69, 9.17) is 4.98 Å². The average Bonchev–Trinajstić information content (AvgIpc) is 3.15. The summed E-state index contributed by atoms with van der Waals surface area (Å²) in [6.07, 6.45) is 2.63. The molecule has 1 N–H and O–H groups in total. The number of hydrogen-bond acceptors (Lipinski definition) is 4. The Bertz CT molecular complexity index is 549. The number of anilines is 1. The summed E-state index contributed by atoms with van der Waals surface area (Å²) >= 11 is 1.80. The number of thiophene rings is 1. The zero-order valence-corrected chi connectivity index (χ0v) is 12.9. The first-order valence-corrected chi connectivity index (χ1v) is 8.07. The lowest BCUT2D eigenvalue weighted by molar-refractivity contribution is 0.669. The molecule has 2 aromatic rings. The maximum Gasteiger partial charge on any atom is 0.129 e. The Morgan fingerprint density at radius 3 is 2.90 bits per heavy atom. The third-order valence-electron chi connectivity index (χ3n) is 3.84. The molecular formula is C16H21N3S. The van der Waals surface area contributed by atoms with Crippen LogP contribution in [0.1, 0.15) is 36.4 Å². The number of nitrogens with one attached hydrogen (secondary N) is 1. The monoisotopic (exact) mass is 287 g/mol. The maximum atomic E-state index is 4.77. The molecule has 0 saturated heterocycles. The second-order valence-electron chi connectivity index (χ2n) is 5.44. The molecule has 4 heteroatoms. The van der Waals surface area contributed by atoms with Gasteiger partial charge in [0, 0.05) is 24.5 Å². The predicted octanol–water partition coefficient (Wildman–Crippen LogP) is 3.59. The first kappa shape index (κ1) is 13.6. The summed E-state index contributed by atoms with van der Waals surface area (Å²) in [5.74, 6) is 1.04. The van der Waals surface area contributed by atoms with Gasteiger partial charge in [-0.3, -0.25) is 0 Å². The minimum Gasteiger partial charge on any atom is -0.352 e. The van der Waals surface area contributed by atoms with Crippen molar-refractivity contribution >= 4 is 17.2 Å². The Hall–Kier alpha value is -1.39. The van der Waals surface area contributed by atoms with Gasteiger partial charge in [0.1, 0.15) is 5.82 Å². The van der Waals surface area contributed by atoms with E-state index in [0.717, 1.165) is 24.1 Å². The normalized spacial score (nSPS) is 16.1. The summed E-state index contributed by atoms with van der Waals surface area (Å²) in [6, 6.07) is 11.7. The average molecular weight is 287 g/mol. The molecule has 20 heavy (non-hydrogen) atoms. The Labute approximate surface area is 124 Å². The Morgan fingerprint density at radius 1 is 1.35 bits per heavy atom. The summed E-state index contributed by atoms with van der Waals surface area (Å²) in [5, 5.41) is 5.64. The molecule has 3 nitrogen and oxygen atoms in total. The van der Waals surface area contributed by atoms with Crippen molar-refractivity contribution in [2.75, 3.05) is 11.9 Å². The molecule has 0 amide bonds. The van der Waals surface area contributed by atoms with Crippen molar-refractivity contribution in [2.45, 2.75) is 38.4 Å². The van der Waals surface area contributed by atoms with Crippen molar-refractivity contribution in [1.29, 1.82) is 0 Å².